The SMILES string of the molecule is Cc1cc(C)cc(N2C(=S)N[C@@H](c3ccccn3)[C@H]2c2cccn2-c2cccc(C(F)(F)F)c2)c1. The Labute approximate surface area is 207 Å². The van der Waals surface area contributed by atoms with Crippen LogP contribution in [0.4, 0.5) is 18.9 Å². The van der Waals surface area contributed by atoms with Crippen LogP contribution in [0.5, 0.6) is 0 Å². The van der Waals surface area contributed by atoms with Gasteiger partial charge in [-0.3, -0.25) is 4.98 Å². The number of nitrogens with one attached hydrogen (secondary N) is 1. The molecule has 0 unspecified atom stereocenters. The normalized spacial score (nSPS) is 18.1. The van der Waals surface area contributed by atoms with Crippen molar-refractivity contribution in [3.63, 3.8) is 0 Å². The summed E-state index contributed by atoms with van der Waals surface area (Å²) in [6.07, 6.45) is -0.925. The molecule has 0 bridgehead atoms. The van der Waals surface area contributed by atoms with E-state index >= 15 is 0 Å². The minimum Gasteiger partial charge on any atom is -0.351 e. The Bertz CT molecular complexity index is 1360. The molecule has 2 aromatic carbocycles. The van der Waals surface area contributed by atoms with Gasteiger partial charge in [-0.1, -0.05) is 18.2 Å². The lowest BCUT2D eigenvalue weighted by atomic mass is 10.00. The Hall–Kier alpha value is -3.65. The third-order valence-corrected chi connectivity index (χ3v) is 6.43. The van der Waals surface area contributed by atoms with Gasteiger partial charge in [0.15, 0.2) is 5.11 Å². The summed E-state index contributed by atoms with van der Waals surface area (Å²) in [5, 5.41) is 3.95. The van der Waals surface area contributed by atoms with Gasteiger partial charge in [-0.2, -0.15) is 13.2 Å². The molecular formula is C27H23F3N4S. The zero-order chi connectivity index (χ0) is 24.7. The first-order valence-electron chi connectivity index (χ1n) is 11.2. The molecule has 5 rings (SSSR count). The summed E-state index contributed by atoms with van der Waals surface area (Å²) in [6, 6.07) is 20.4. The molecule has 4 nitrogen and oxygen atoms in total. The van der Waals surface area contributed by atoms with E-state index < -0.39 is 11.7 Å². The summed E-state index contributed by atoms with van der Waals surface area (Å²) in [5.41, 5.74) is 4.43. The summed E-state index contributed by atoms with van der Waals surface area (Å²) >= 11 is 5.80. The molecule has 8 heteroatoms. The second kappa shape index (κ2) is 8.85. The summed E-state index contributed by atoms with van der Waals surface area (Å²) in [4.78, 5) is 6.60. The summed E-state index contributed by atoms with van der Waals surface area (Å²) in [5.74, 6) is 0. The predicted molar refractivity (Wildman–Crippen MR) is 135 cm³/mol. The number of benzene rings is 2. The Morgan fingerprint density at radius 3 is 2.34 bits per heavy atom. The van der Waals surface area contributed by atoms with E-state index in [1.165, 1.54) is 12.1 Å². The van der Waals surface area contributed by atoms with Gasteiger partial charge in [0, 0.05) is 29.5 Å². The lowest BCUT2D eigenvalue weighted by Gasteiger charge is -2.29. The standard InChI is InChI=1S/C27H23F3N4S/c1-17-13-18(2)15-21(14-17)34-25(24(32-26(34)35)22-9-3-4-11-31-22)23-10-6-12-33(23)20-8-5-7-19(16-20)27(28,29)30/h3-16,24-25H,1-2H3,(H,32,35)/t24-,25+/m0/s1. The van der Waals surface area contributed by atoms with Gasteiger partial charge >= 0.3 is 6.18 Å². The van der Waals surface area contributed by atoms with E-state index in [-0.39, 0.29) is 12.1 Å². The molecule has 178 valence electrons. The second-order valence-electron chi connectivity index (χ2n) is 8.69. The third kappa shape index (κ3) is 4.41. The molecule has 0 aliphatic carbocycles. The van der Waals surface area contributed by atoms with Gasteiger partial charge in [0.25, 0.3) is 0 Å². The number of aromatic nitrogens is 2. The zero-order valence-corrected chi connectivity index (χ0v) is 19.9. The van der Waals surface area contributed by atoms with Crippen molar-refractivity contribution in [3.8, 4) is 5.69 Å². The van der Waals surface area contributed by atoms with Crippen LogP contribution in [0.25, 0.3) is 5.69 Å². The highest BCUT2D eigenvalue weighted by atomic mass is 32.1. The van der Waals surface area contributed by atoms with Crippen molar-refractivity contribution in [1.82, 2.24) is 14.9 Å². The molecule has 35 heavy (non-hydrogen) atoms. The highest BCUT2D eigenvalue weighted by Crippen LogP contribution is 2.43. The minimum absolute atomic E-state index is 0.302. The van der Waals surface area contributed by atoms with Gasteiger partial charge in [0.2, 0.25) is 0 Å². The summed E-state index contributed by atoms with van der Waals surface area (Å²) in [6.45, 7) is 4.05. The molecule has 2 aromatic heterocycles. The molecule has 3 heterocycles. The molecule has 0 spiro atoms. The van der Waals surface area contributed by atoms with Gasteiger partial charge in [-0.25, -0.2) is 0 Å². The number of hydrogen-bond donors (Lipinski definition) is 1. The molecular weight excluding hydrogens is 469 g/mol. The van der Waals surface area contributed by atoms with Crippen molar-refractivity contribution in [2.45, 2.75) is 32.1 Å². The van der Waals surface area contributed by atoms with Gasteiger partial charge in [0.05, 0.1) is 17.3 Å². The van der Waals surface area contributed by atoms with Crippen LogP contribution in [0, 0.1) is 13.8 Å². The second-order valence-corrected chi connectivity index (χ2v) is 9.08. The Balaban J connectivity index is 1.68. The number of halogens is 3. The number of nitrogens with zero attached hydrogens (tertiary/aromatic N) is 3. The highest BCUT2D eigenvalue weighted by molar-refractivity contribution is 7.80. The Kier molecular flexibility index (Phi) is 5.84. The van der Waals surface area contributed by atoms with Crippen molar-refractivity contribution in [3.05, 3.63) is 113 Å². The van der Waals surface area contributed by atoms with Gasteiger partial charge in [-0.05, 0) is 91.8 Å². The van der Waals surface area contributed by atoms with Crippen LogP contribution in [-0.2, 0) is 6.18 Å². The molecule has 1 aliphatic heterocycles. The molecule has 0 saturated carbocycles. The minimum atomic E-state index is -4.43. The molecule has 0 radical (unpaired) electrons. The van der Waals surface area contributed by atoms with E-state index in [0.717, 1.165) is 34.3 Å². The molecule has 1 aliphatic rings. The quantitative estimate of drug-likeness (QED) is 0.322. The number of thiocarbonyl (C=S) groups is 1. The lowest BCUT2D eigenvalue weighted by molar-refractivity contribution is -0.137. The molecule has 1 N–H and O–H groups in total. The van der Waals surface area contributed by atoms with Crippen molar-refractivity contribution < 1.29 is 13.2 Å². The van der Waals surface area contributed by atoms with Crippen molar-refractivity contribution in [1.29, 1.82) is 0 Å². The van der Waals surface area contributed by atoms with E-state index in [2.05, 4.69) is 28.5 Å². The average Bonchev–Trinajstić information content (AvgIpc) is 3.43. The number of hydrogen-bond acceptors (Lipinski definition) is 2. The van der Waals surface area contributed by atoms with Crippen LogP contribution >= 0.6 is 12.2 Å². The van der Waals surface area contributed by atoms with E-state index in [9.17, 15) is 13.2 Å². The smallest absolute Gasteiger partial charge is 0.351 e. The van der Waals surface area contributed by atoms with Crippen LogP contribution in [0.3, 0.4) is 0 Å². The largest absolute Gasteiger partial charge is 0.416 e. The summed E-state index contributed by atoms with van der Waals surface area (Å²) < 4.78 is 42.1. The van der Waals surface area contributed by atoms with Crippen molar-refractivity contribution in [2.24, 2.45) is 0 Å². The highest BCUT2D eigenvalue weighted by Gasteiger charge is 2.42. The fourth-order valence-corrected chi connectivity index (χ4v) is 5.07. The molecule has 1 fully saturated rings. The fourth-order valence-electron chi connectivity index (χ4n) is 4.73. The van der Waals surface area contributed by atoms with Crippen LogP contribution < -0.4 is 10.2 Å². The molecule has 0 amide bonds. The van der Waals surface area contributed by atoms with Crippen molar-refractivity contribution in [2.75, 3.05) is 4.90 Å². The number of anilines is 1. The molecule has 4 aromatic rings. The molecule has 2 atom stereocenters. The van der Waals surface area contributed by atoms with Gasteiger partial charge in [-0.15, -0.1) is 0 Å². The summed E-state index contributed by atoms with van der Waals surface area (Å²) in [7, 11) is 0. The zero-order valence-electron chi connectivity index (χ0n) is 19.1. The first-order chi connectivity index (χ1) is 16.7. The van der Waals surface area contributed by atoms with E-state index in [4.69, 9.17) is 12.2 Å². The lowest BCUT2D eigenvalue weighted by Crippen LogP contribution is -2.30. The maximum atomic E-state index is 13.5. The number of rotatable bonds is 4. The van der Waals surface area contributed by atoms with Crippen LogP contribution in [-0.4, -0.2) is 14.7 Å². The first kappa shape index (κ1) is 23.1. The van der Waals surface area contributed by atoms with Crippen molar-refractivity contribution >= 4 is 23.0 Å². The third-order valence-electron chi connectivity index (χ3n) is 6.12. The van der Waals surface area contributed by atoms with E-state index in [0.29, 0.717) is 10.8 Å². The maximum Gasteiger partial charge on any atom is 0.416 e. The van der Waals surface area contributed by atoms with E-state index in [1.54, 1.807) is 23.0 Å². The predicted octanol–water partition coefficient (Wildman–Crippen LogP) is 6.69. The van der Waals surface area contributed by atoms with Gasteiger partial charge < -0.3 is 14.8 Å². The van der Waals surface area contributed by atoms with Crippen LogP contribution in [0.2, 0.25) is 0 Å². The maximum absolute atomic E-state index is 13.5. The van der Waals surface area contributed by atoms with Gasteiger partial charge in [0.1, 0.15) is 6.04 Å². The topological polar surface area (TPSA) is 33.1 Å². The Morgan fingerprint density at radius 2 is 1.66 bits per heavy atom. The number of pyridine rings is 1. The monoisotopic (exact) mass is 492 g/mol. The van der Waals surface area contributed by atoms with Crippen LogP contribution in [0.1, 0.15) is 40.2 Å². The average molecular weight is 493 g/mol. The van der Waals surface area contributed by atoms with E-state index in [1.807, 2.05) is 49.1 Å². The first-order valence-corrected chi connectivity index (χ1v) is 11.6. The molecule has 1 saturated heterocycles. The number of aryl methyl sites for hydroxylation is 2. The fraction of sp³-hybridized carbons (Fsp3) is 0.185. The Morgan fingerprint density at radius 1 is 0.886 bits per heavy atom. The van der Waals surface area contributed by atoms with Crippen LogP contribution in [0.15, 0.2) is 85.2 Å². The number of alkyl halides is 3.